The third-order valence-corrected chi connectivity index (χ3v) is 3.64. The molecule has 1 aliphatic rings. The highest BCUT2D eigenvalue weighted by Gasteiger charge is 2.37. The second-order valence-corrected chi connectivity index (χ2v) is 5.33. The van der Waals surface area contributed by atoms with Crippen molar-refractivity contribution < 1.29 is 0 Å². The first-order valence-corrected chi connectivity index (χ1v) is 6.06. The molecule has 3 N–H and O–H groups in total. The molecule has 2 heteroatoms. The summed E-state index contributed by atoms with van der Waals surface area (Å²) in [6.07, 6.45) is 2.35. The summed E-state index contributed by atoms with van der Waals surface area (Å²) in [7, 11) is 0. The molecule has 0 unspecified atom stereocenters. The molecule has 1 saturated carbocycles. The molecular weight excluding hydrogens is 196 g/mol. The molecule has 2 nitrogen and oxygen atoms in total. The zero-order chi connectivity index (χ0) is 11.8. The molecule has 0 spiro atoms. The quantitative estimate of drug-likeness (QED) is 0.813. The van der Waals surface area contributed by atoms with Gasteiger partial charge in [0.25, 0.3) is 0 Å². The minimum atomic E-state index is 0.105. The maximum atomic E-state index is 6.04. The summed E-state index contributed by atoms with van der Waals surface area (Å²) >= 11 is 0. The van der Waals surface area contributed by atoms with Gasteiger partial charge in [-0.15, -0.1) is 0 Å². The van der Waals surface area contributed by atoms with Crippen LogP contribution in [0.25, 0.3) is 0 Å². The van der Waals surface area contributed by atoms with E-state index in [1.165, 1.54) is 35.1 Å². The predicted molar refractivity (Wildman–Crippen MR) is 68.5 cm³/mol. The smallest absolute Gasteiger partial charge is 0.0282 e. The molecule has 2 rings (SSSR count). The van der Waals surface area contributed by atoms with Crippen LogP contribution in [0, 0.1) is 20.8 Å². The molecule has 88 valence electrons. The summed E-state index contributed by atoms with van der Waals surface area (Å²) in [4.78, 5) is 0. The lowest BCUT2D eigenvalue weighted by atomic mass is 10.0. The number of nitrogens with one attached hydrogen (secondary N) is 1. The first-order chi connectivity index (χ1) is 7.50. The molecule has 0 amide bonds. The zero-order valence-corrected chi connectivity index (χ0v) is 10.6. The Morgan fingerprint density at radius 3 is 2.38 bits per heavy atom. The minimum Gasteiger partial charge on any atom is -0.324 e. The van der Waals surface area contributed by atoms with Gasteiger partial charge in [0.05, 0.1) is 0 Å². The van der Waals surface area contributed by atoms with Crippen molar-refractivity contribution in [3.8, 4) is 0 Å². The second kappa shape index (κ2) is 4.19. The van der Waals surface area contributed by atoms with Crippen molar-refractivity contribution in [1.29, 1.82) is 0 Å². The Morgan fingerprint density at radius 2 is 1.75 bits per heavy atom. The molecule has 16 heavy (non-hydrogen) atoms. The lowest BCUT2D eigenvalue weighted by Gasteiger charge is -2.13. The van der Waals surface area contributed by atoms with Crippen LogP contribution in [-0.4, -0.2) is 12.1 Å². The molecule has 0 saturated heterocycles. The van der Waals surface area contributed by atoms with Crippen LogP contribution in [0.1, 0.15) is 35.1 Å². The van der Waals surface area contributed by atoms with Crippen molar-refractivity contribution in [1.82, 2.24) is 5.32 Å². The van der Waals surface area contributed by atoms with Crippen molar-refractivity contribution in [2.75, 3.05) is 6.54 Å². The van der Waals surface area contributed by atoms with Crippen LogP contribution in [0.5, 0.6) is 0 Å². The summed E-state index contributed by atoms with van der Waals surface area (Å²) in [5, 5.41) is 3.47. The molecule has 0 atom stereocenters. The van der Waals surface area contributed by atoms with Crippen LogP contribution >= 0.6 is 0 Å². The fourth-order valence-electron chi connectivity index (χ4n) is 1.99. The lowest BCUT2D eigenvalue weighted by Crippen LogP contribution is -2.35. The van der Waals surface area contributed by atoms with E-state index in [9.17, 15) is 0 Å². The topological polar surface area (TPSA) is 38.0 Å². The van der Waals surface area contributed by atoms with Crippen LogP contribution in [0.4, 0.5) is 0 Å². The standard InChI is InChI=1S/C14H22N2/c1-10-6-12(3)13(7-11(10)2)8-16-9-14(15)4-5-14/h6-7,16H,4-5,8-9,15H2,1-3H3. The number of hydrogen-bond acceptors (Lipinski definition) is 2. The second-order valence-electron chi connectivity index (χ2n) is 5.33. The van der Waals surface area contributed by atoms with E-state index in [4.69, 9.17) is 5.73 Å². The normalized spacial score (nSPS) is 17.5. The fourth-order valence-corrected chi connectivity index (χ4v) is 1.99. The van der Waals surface area contributed by atoms with Crippen molar-refractivity contribution in [2.24, 2.45) is 5.73 Å². The van der Waals surface area contributed by atoms with Crippen molar-refractivity contribution >= 4 is 0 Å². The van der Waals surface area contributed by atoms with E-state index < -0.39 is 0 Å². The zero-order valence-electron chi connectivity index (χ0n) is 10.6. The van der Waals surface area contributed by atoms with Crippen LogP contribution in [-0.2, 0) is 6.54 Å². The third kappa shape index (κ3) is 2.63. The van der Waals surface area contributed by atoms with Crippen molar-refractivity contribution in [3.63, 3.8) is 0 Å². The Kier molecular flexibility index (Phi) is 3.04. The fraction of sp³-hybridized carbons (Fsp3) is 0.571. The van der Waals surface area contributed by atoms with Gasteiger partial charge in [-0.3, -0.25) is 0 Å². The highest BCUT2D eigenvalue weighted by Crippen LogP contribution is 2.31. The van der Waals surface area contributed by atoms with Gasteiger partial charge >= 0.3 is 0 Å². The van der Waals surface area contributed by atoms with Gasteiger partial charge in [0, 0.05) is 18.6 Å². The Balaban J connectivity index is 1.95. The van der Waals surface area contributed by atoms with E-state index in [2.05, 4.69) is 38.2 Å². The molecule has 1 aromatic carbocycles. The number of rotatable bonds is 4. The van der Waals surface area contributed by atoms with E-state index in [1.54, 1.807) is 0 Å². The number of nitrogens with two attached hydrogens (primary N) is 1. The van der Waals surface area contributed by atoms with Crippen molar-refractivity contribution in [2.45, 2.75) is 45.7 Å². The molecule has 1 aromatic rings. The number of benzene rings is 1. The molecule has 0 heterocycles. The Morgan fingerprint density at radius 1 is 1.12 bits per heavy atom. The third-order valence-electron chi connectivity index (χ3n) is 3.64. The Labute approximate surface area is 98.2 Å². The average Bonchev–Trinajstić information content (AvgIpc) is 2.93. The van der Waals surface area contributed by atoms with Gasteiger partial charge in [-0.25, -0.2) is 0 Å². The van der Waals surface area contributed by atoms with Gasteiger partial charge in [0.2, 0.25) is 0 Å². The van der Waals surface area contributed by atoms with Crippen LogP contribution in [0.2, 0.25) is 0 Å². The first-order valence-electron chi connectivity index (χ1n) is 6.06. The number of hydrogen-bond donors (Lipinski definition) is 2. The summed E-state index contributed by atoms with van der Waals surface area (Å²) < 4.78 is 0. The Bertz CT molecular complexity index is 392. The summed E-state index contributed by atoms with van der Waals surface area (Å²) in [6.45, 7) is 8.40. The van der Waals surface area contributed by atoms with Gasteiger partial charge in [-0.2, -0.15) is 0 Å². The minimum absolute atomic E-state index is 0.105. The lowest BCUT2D eigenvalue weighted by molar-refractivity contribution is 0.568. The predicted octanol–water partition coefficient (Wildman–Crippen LogP) is 2.19. The maximum Gasteiger partial charge on any atom is 0.0282 e. The van der Waals surface area contributed by atoms with Gasteiger partial charge < -0.3 is 11.1 Å². The number of aryl methyl sites for hydroxylation is 3. The van der Waals surface area contributed by atoms with Gasteiger partial charge in [-0.1, -0.05) is 12.1 Å². The van der Waals surface area contributed by atoms with E-state index in [-0.39, 0.29) is 5.54 Å². The molecule has 1 aliphatic carbocycles. The van der Waals surface area contributed by atoms with E-state index in [1.807, 2.05) is 0 Å². The molecular formula is C14H22N2. The van der Waals surface area contributed by atoms with Crippen molar-refractivity contribution in [3.05, 3.63) is 34.4 Å². The van der Waals surface area contributed by atoms with Gasteiger partial charge in [0.1, 0.15) is 0 Å². The maximum absolute atomic E-state index is 6.04. The SMILES string of the molecule is Cc1cc(C)c(CNCC2(N)CC2)cc1C. The summed E-state index contributed by atoms with van der Waals surface area (Å²) in [5.41, 5.74) is 11.7. The van der Waals surface area contributed by atoms with E-state index >= 15 is 0 Å². The average molecular weight is 218 g/mol. The molecule has 0 aliphatic heterocycles. The monoisotopic (exact) mass is 218 g/mol. The molecule has 0 aromatic heterocycles. The highest BCUT2D eigenvalue weighted by atomic mass is 15.0. The largest absolute Gasteiger partial charge is 0.324 e. The Hall–Kier alpha value is -0.860. The van der Waals surface area contributed by atoms with Gasteiger partial charge in [0.15, 0.2) is 0 Å². The van der Waals surface area contributed by atoms with E-state index in [0.29, 0.717) is 0 Å². The van der Waals surface area contributed by atoms with Crippen LogP contribution in [0.3, 0.4) is 0 Å². The first kappa shape index (κ1) is 11.6. The highest BCUT2D eigenvalue weighted by molar-refractivity contribution is 5.36. The summed E-state index contributed by atoms with van der Waals surface area (Å²) in [5.74, 6) is 0. The summed E-state index contributed by atoms with van der Waals surface area (Å²) in [6, 6.07) is 4.55. The molecule has 0 radical (unpaired) electrons. The molecule has 1 fully saturated rings. The van der Waals surface area contributed by atoms with Gasteiger partial charge in [-0.05, 0) is 55.9 Å². The van der Waals surface area contributed by atoms with Crippen LogP contribution < -0.4 is 11.1 Å². The molecule has 0 bridgehead atoms. The van der Waals surface area contributed by atoms with Crippen LogP contribution in [0.15, 0.2) is 12.1 Å². The van der Waals surface area contributed by atoms with E-state index in [0.717, 1.165) is 13.1 Å².